The number of aromatic nitrogens is 1. The maximum atomic E-state index is 13.1. The molecule has 0 aromatic carbocycles. The molecule has 0 N–H and O–H groups in total. The summed E-state index contributed by atoms with van der Waals surface area (Å²) in [7, 11) is 0. The van der Waals surface area contributed by atoms with E-state index in [9.17, 15) is 9.65 Å². The third kappa shape index (κ3) is 1.53. The maximum absolute atomic E-state index is 13.1. The Balaban J connectivity index is 1.89. The minimum absolute atomic E-state index is 0.458. The highest BCUT2D eigenvalue weighted by molar-refractivity contribution is 5.37. The standard InChI is InChI=1S/C12H11FN2O2/c13-10-5-9(1-2-15-10)11(8-14)6-12(7-11)16-3-4-17-12/h1-2,5H,3-4,6-7H2. The summed E-state index contributed by atoms with van der Waals surface area (Å²) in [4.78, 5) is 3.50. The zero-order chi connectivity index (χ0) is 11.9. The topological polar surface area (TPSA) is 55.1 Å². The second-order valence-electron chi connectivity index (χ2n) is 4.52. The van der Waals surface area contributed by atoms with Crippen LogP contribution < -0.4 is 0 Å². The molecule has 0 unspecified atom stereocenters. The van der Waals surface area contributed by atoms with Crippen molar-refractivity contribution >= 4 is 0 Å². The molecule has 4 nitrogen and oxygen atoms in total. The minimum Gasteiger partial charge on any atom is -0.347 e. The second kappa shape index (κ2) is 3.49. The van der Waals surface area contributed by atoms with E-state index in [1.165, 1.54) is 12.3 Å². The van der Waals surface area contributed by atoms with Crippen LogP contribution in [-0.4, -0.2) is 24.0 Å². The van der Waals surface area contributed by atoms with E-state index in [0.29, 0.717) is 31.6 Å². The molecule has 0 atom stereocenters. The number of rotatable bonds is 1. The van der Waals surface area contributed by atoms with Gasteiger partial charge < -0.3 is 9.47 Å². The average Bonchev–Trinajstić information content (AvgIpc) is 2.75. The average molecular weight is 234 g/mol. The van der Waals surface area contributed by atoms with E-state index in [4.69, 9.17) is 9.47 Å². The summed E-state index contributed by atoms with van der Waals surface area (Å²) >= 11 is 0. The fraction of sp³-hybridized carbons (Fsp3) is 0.500. The van der Waals surface area contributed by atoms with Gasteiger partial charge in [-0.05, 0) is 17.7 Å². The lowest BCUT2D eigenvalue weighted by Crippen LogP contribution is -2.54. The van der Waals surface area contributed by atoms with Gasteiger partial charge in [-0.2, -0.15) is 9.65 Å². The van der Waals surface area contributed by atoms with Crippen LogP contribution in [0.3, 0.4) is 0 Å². The summed E-state index contributed by atoms with van der Waals surface area (Å²) in [5, 5.41) is 9.32. The fourth-order valence-electron chi connectivity index (χ4n) is 2.62. The van der Waals surface area contributed by atoms with Gasteiger partial charge in [0.15, 0.2) is 5.79 Å². The van der Waals surface area contributed by atoms with Gasteiger partial charge in [-0.15, -0.1) is 0 Å². The van der Waals surface area contributed by atoms with Crippen LogP contribution in [0.4, 0.5) is 4.39 Å². The van der Waals surface area contributed by atoms with Gasteiger partial charge in [-0.1, -0.05) is 0 Å². The summed E-state index contributed by atoms with van der Waals surface area (Å²) in [6.07, 6.45) is 2.30. The van der Waals surface area contributed by atoms with Crippen LogP contribution in [0, 0.1) is 17.3 Å². The predicted octanol–water partition coefficient (Wildman–Crippen LogP) is 1.52. The number of halogens is 1. The molecule has 17 heavy (non-hydrogen) atoms. The largest absolute Gasteiger partial charge is 0.347 e. The van der Waals surface area contributed by atoms with E-state index in [0.717, 1.165) is 0 Å². The van der Waals surface area contributed by atoms with Crippen LogP contribution in [0.15, 0.2) is 18.3 Å². The molecule has 1 spiro atoms. The van der Waals surface area contributed by atoms with Crippen molar-refractivity contribution in [3.05, 3.63) is 29.8 Å². The van der Waals surface area contributed by atoms with Gasteiger partial charge in [0.2, 0.25) is 5.95 Å². The minimum atomic E-state index is -0.700. The molecular formula is C12H11FN2O2. The first-order valence-electron chi connectivity index (χ1n) is 5.49. The van der Waals surface area contributed by atoms with Gasteiger partial charge in [-0.25, -0.2) is 4.98 Å². The van der Waals surface area contributed by atoms with Gasteiger partial charge in [0.05, 0.1) is 24.7 Å². The number of hydrogen-bond acceptors (Lipinski definition) is 4. The first kappa shape index (κ1) is 10.6. The van der Waals surface area contributed by atoms with Crippen LogP contribution in [0.5, 0.6) is 0 Å². The lowest BCUT2D eigenvalue weighted by atomic mass is 9.61. The van der Waals surface area contributed by atoms with Gasteiger partial charge in [0.1, 0.15) is 0 Å². The second-order valence-corrected chi connectivity index (χ2v) is 4.52. The van der Waals surface area contributed by atoms with Gasteiger partial charge >= 0.3 is 0 Å². The highest BCUT2D eigenvalue weighted by Crippen LogP contribution is 2.53. The predicted molar refractivity (Wildman–Crippen MR) is 55.4 cm³/mol. The number of pyridine rings is 1. The third-order valence-electron chi connectivity index (χ3n) is 3.45. The smallest absolute Gasteiger partial charge is 0.213 e. The first-order valence-corrected chi connectivity index (χ1v) is 5.49. The van der Waals surface area contributed by atoms with Crippen LogP contribution >= 0.6 is 0 Å². The molecule has 0 bridgehead atoms. The van der Waals surface area contributed by atoms with E-state index >= 15 is 0 Å². The van der Waals surface area contributed by atoms with E-state index in [1.54, 1.807) is 6.07 Å². The monoisotopic (exact) mass is 234 g/mol. The van der Waals surface area contributed by atoms with Crippen LogP contribution in [0.2, 0.25) is 0 Å². The maximum Gasteiger partial charge on any atom is 0.213 e. The van der Waals surface area contributed by atoms with E-state index in [1.807, 2.05) is 0 Å². The Hall–Kier alpha value is -1.51. The summed E-state index contributed by atoms with van der Waals surface area (Å²) in [6.45, 7) is 1.12. The molecule has 0 radical (unpaired) electrons. The van der Waals surface area contributed by atoms with E-state index in [-0.39, 0.29) is 0 Å². The van der Waals surface area contributed by atoms with Crippen LogP contribution in [-0.2, 0) is 14.9 Å². The normalized spacial score (nSPS) is 24.2. The Labute approximate surface area is 98.0 Å². The Morgan fingerprint density at radius 1 is 1.35 bits per heavy atom. The van der Waals surface area contributed by atoms with Crippen molar-refractivity contribution < 1.29 is 13.9 Å². The summed E-state index contributed by atoms with van der Waals surface area (Å²) < 4.78 is 24.1. The molecule has 3 rings (SSSR count). The van der Waals surface area contributed by atoms with Crippen molar-refractivity contribution in [2.45, 2.75) is 24.0 Å². The highest BCUT2D eigenvalue weighted by atomic mass is 19.1. The summed E-state index contributed by atoms with van der Waals surface area (Å²) in [5.74, 6) is -1.18. The van der Waals surface area contributed by atoms with Crippen molar-refractivity contribution in [2.24, 2.45) is 0 Å². The highest BCUT2D eigenvalue weighted by Gasteiger charge is 2.60. The van der Waals surface area contributed by atoms with Gasteiger partial charge in [-0.3, -0.25) is 0 Å². The molecule has 0 amide bonds. The zero-order valence-corrected chi connectivity index (χ0v) is 9.15. The Kier molecular flexibility index (Phi) is 2.18. The molecule has 1 aromatic heterocycles. The lowest BCUT2D eigenvalue weighted by Gasteiger charge is -2.48. The van der Waals surface area contributed by atoms with Crippen molar-refractivity contribution in [1.82, 2.24) is 4.98 Å². The molecular weight excluding hydrogens is 223 g/mol. The molecule has 88 valence electrons. The molecule has 2 fully saturated rings. The van der Waals surface area contributed by atoms with E-state index < -0.39 is 17.1 Å². The van der Waals surface area contributed by atoms with Crippen molar-refractivity contribution in [3.8, 4) is 6.07 Å². The molecule has 1 aliphatic heterocycles. The molecule has 2 aliphatic rings. The quantitative estimate of drug-likeness (QED) is 0.691. The fourth-order valence-corrected chi connectivity index (χ4v) is 2.62. The van der Waals surface area contributed by atoms with Crippen molar-refractivity contribution in [3.63, 3.8) is 0 Å². The number of hydrogen-bond donors (Lipinski definition) is 0. The van der Waals surface area contributed by atoms with Crippen LogP contribution in [0.1, 0.15) is 18.4 Å². The van der Waals surface area contributed by atoms with Gasteiger partial charge in [0.25, 0.3) is 0 Å². The first-order chi connectivity index (χ1) is 8.18. The SMILES string of the molecule is N#CC1(c2ccnc(F)c2)CC2(C1)OCCO2. The van der Waals surface area contributed by atoms with Crippen molar-refractivity contribution in [2.75, 3.05) is 13.2 Å². The molecule has 5 heteroatoms. The molecule has 2 heterocycles. The van der Waals surface area contributed by atoms with E-state index in [2.05, 4.69) is 11.1 Å². The third-order valence-corrected chi connectivity index (χ3v) is 3.45. The number of ether oxygens (including phenoxy) is 2. The number of nitriles is 1. The number of nitrogens with zero attached hydrogens (tertiary/aromatic N) is 2. The lowest BCUT2D eigenvalue weighted by molar-refractivity contribution is -0.229. The Bertz CT molecular complexity index is 484. The van der Waals surface area contributed by atoms with Gasteiger partial charge in [0, 0.05) is 19.0 Å². The molecule has 1 aliphatic carbocycles. The zero-order valence-electron chi connectivity index (χ0n) is 9.15. The molecule has 1 saturated heterocycles. The van der Waals surface area contributed by atoms with Crippen LogP contribution in [0.25, 0.3) is 0 Å². The summed E-state index contributed by atoms with van der Waals surface area (Å²) in [5.41, 5.74) is -0.0501. The summed E-state index contributed by atoms with van der Waals surface area (Å²) in [6, 6.07) is 5.24. The Morgan fingerprint density at radius 3 is 2.65 bits per heavy atom. The molecule has 1 saturated carbocycles. The Morgan fingerprint density at radius 2 is 2.06 bits per heavy atom. The molecule has 1 aromatic rings. The van der Waals surface area contributed by atoms with Crippen molar-refractivity contribution in [1.29, 1.82) is 5.26 Å².